The number of aromatic nitrogens is 4. The third kappa shape index (κ3) is 3.26. The number of amides is 1. The highest BCUT2D eigenvalue weighted by atomic mass is 32.2. The van der Waals surface area contributed by atoms with Gasteiger partial charge in [0, 0.05) is 24.0 Å². The van der Waals surface area contributed by atoms with E-state index in [-0.39, 0.29) is 5.91 Å². The molecule has 0 bridgehead atoms. The van der Waals surface area contributed by atoms with Crippen molar-refractivity contribution in [2.75, 3.05) is 12.3 Å². The van der Waals surface area contributed by atoms with Gasteiger partial charge in [-0.2, -0.15) is 0 Å². The lowest BCUT2D eigenvalue weighted by Gasteiger charge is -2.44. The summed E-state index contributed by atoms with van der Waals surface area (Å²) in [6.07, 6.45) is 7.50. The van der Waals surface area contributed by atoms with E-state index in [4.69, 9.17) is 0 Å². The van der Waals surface area contributed by atoms with Gasteiger partial charge in [0.25, 0.3) is 5.78 Å². The van der Waals surface area contributed by atoms with Crippen LogP contribution >= 0.6 is 11.8 Å². The summed E-state index contributed by atoms with van der Waals surface area (Å²) in [5.41, 5.74) is 1.98. The van der Waals surface area contributed by atoms with Gasteiger partial charge in [-0.25, -0.2) is 4.98 Å². The largest absolute Gasteiger partial charge is 0.339 e. The SMILES string of the molecule is Cc1cc(C)n2c(SCC(=O)N3CCC[C@@H]4CCCC[C@H]43)nnc2n1. The molecule has 2 atom stereocenters. The first-order valence-electron chi connectivity index (χ1n) is 9.25. The van der Waals surface area contributed by atoms with Gasteiger partial charge in [0.2, 0.25) is 5.91 Å². The summed E-state index contributed by atoms with van der Waals surface area (Å²) < 4.78 is 1.94. The maximum absolute atomic E-state index is 12.9. The molecule has 3 heterocycles. The monoisotopic (exact) mass is 359 g/mol. The van der Waals surface area contributed by atoms with Gasteiger partial charge in [-0.15, -0.1) is 10.2 Å². The van der Waals surface area contributed by atoms with Gasteiger partial charge in [-0.05, 0) is 51.5 Å². The Morgan fingerprint density at radius 1 is 1.20 bits per heavy atom. The average molecular weight is 359 g/mol. The number of thioether (sulfide) groups is 1. The molecule has 1 saturated carbocycles. The Hall–Kier alpha value is -1.63. The van der Waals surface area contributed by atoms with Crippen LogP contribution < -0.4 is 0 Å². The molecule has 2 aromatic heterocycles. The molecule has 1 aliphatic carbocycles. The molecule has 2 aliphatic rings. The maximum atomic E-state index is 12.9. The van der Waals surface area contributed by atoms with Crippen molar-refractivity contribution in [2.45, 2.75) is 63.6 Å². The van der Waals surface area contributed by atoms with Gasteiger partial charge in [-0.3, -0.25) is 9.20 Å². The van der Waals surface area contributed by atoms with Gasteiger partial charge in [-0.1, -0.05) is 24.6 Å². The van der Waals surface area contributed by atoms with Gasteiger partial charge in [0.1, 0.15) is 0 Å². The van der Waals surface area contributed by atoms with Gasteiger partial charge in [0.15, 0.2) is 5.16 Å². The van der Waals surface area contributed by atoms with E-state index in [1.807, 2.05) is 24.3 Å². The van der Waals surface area contributed by atoms with Crippen LogP contribution in [0.1, 0.15) is 49.9 Å². The van der Waals surface area contributed by atoms with Crippen LogP contribution in [0.4, 0.5) is 0 Å². The van der Waals surface area contributed by atoms with Gasteiger partial charge < -0.3 is 4.90 Å². The van der Waals surface area contributed by atoms with Crippen molar-refractivity contribution in [3.8, 4) is 0 Å². The van der Waals surface area contributed by atoms with E-state index in [2.05, 4.69) is 20.1 Å². The maximum Gasteiger partial charge on any atom is 0.256 e. The minimum atomic E-state index is 0.246. The highest BCUT2D eigenvalue weighted by Gasteiger charge is 2.35. The van der Waals surface area contributed by atoms with E-state index in [0.29, 0.717) is 17.6 Å². The van der Waals surface area contributed by atoms with E-state index >= 15 is 0 Å². The van der Waals surface area contributed by atoms with Crippen LogP contribution in [0.2, 0.25) is 0 Å². The fourth-order valence-corrected chi connectivity index (χ4v) is 5.31. The molecule has 1 saturated heterocycles. The zero-order valence-electron chi connectivity index (χ0n) is 14.9. The minimum Gasteiger partial charge on any atom is -0.339 e. The molecule has 0 spiro atoms. The fraction of sp³-hybridized carbons (Fsp3) is 0.667. The number of carbonyl (C=O) groups excluding carboxylic acids is 1. The molecular formula is C18H25N5OS. The highest BCUT2D eigenvalue weighted by molar-refractivity contribution is 7.99. The second-order valence-electron chi connectivity index (χ2n) is 7.29. The topological polar surface area (TPSA) is 63.4 Å². The van der Waals surface area contributed by atoms with Crippen LogP contribution in [-0.4, -0.2) is 48.7 Å². The predicted molar refractivity (Wildman–Crippen MR) is 97.7 cm³/mol. The molecule has 1 aliphatic heterocycles. The van der Waals surface area contributed by atoms with Crippen LogP contribution in [-0.2, 0) is 4.79 Å². The van der Waals surface area contributed by atoms with E-state index in [1.165, 1.54) is 43.9 Å². The quantitative estimate of drug-likeness (QED) is 0.788. The third-order valence-corrected chi connectivity index (χ3v) is 6.47. The molecule has 0 radical (unpaired) electrons. The molecule has 0 N–H and O–H groups in total. The van der Waals surface area contributed by atoms with Crippen molar-refractivity contribution in [2.24, 2.45) is 5.92 Å². The van der Waals surface area contributed by atoms with E-state index in [9.17, 15) is 4.79 Å². The Bertz CT molecular complexity index is 787. The standard InChI is InChI=1S/C18H25N5OS/c1-12-10-13(2)23-17(19-12)20-21-18(23)25-11-16(24)22-9-5-7-14-6-3-4-8-15(14)22/h10,14-15H,3-9,11H2,1-2H3/t14-,15+/m0/s1. The van der Waals surface area contributed by atoms with Crippen LogP contribution in [0.5, 0.6) is 0 Å². The molecular weight excluding hydrogens is 334 g/mol. The zero-order chi connectivity index (χ0) is 17.4. The number of rotatable bonds is 3. The Balaban J connectivity index is 1.47. The lowest BCUT2D eigenvalue weighted by Crippen LogP contribution is -2.50. The van der Waals surface area contributed by atoms with E-state index in [0.717, 1.165) is 35.4 Å². The Kier molecular flexibility index (Phi) is 4.67. The lowest BCUT2D eigenvalue weighted by atomic mass is 9.78. The zero-order valence-corrected chi connectivity index (χ0v) is 15.8. The number of aryl methyl sites for hydroxylation is 2. The van der Waals surface area contributed by atoms with Crippen molar-refractivity contribution in [1.29, 1.82) is 0 Å². The second-order valence-corrected chi connectivity index (χ2v) is 8.23. The molecule has 2 fully saturated rings. The van der Waals surface area contributed by atoms with Gasteiger partial charge >= 0.3 is 0 Å². The lowest BCUT2D eigenvalue weighted by molar-refractivity contribution is -0.134. The minimum absolute atomic E-state index is 0.246. The summed E-state index contributed by atoms with van der Waals surface area (Å²) >= 11 is 1.48. The van der Waals surface area contributed by atoms with Crippen molar-refractivity contribution in [3.05, 3.63) is 17.5 Å². The van der Waals surface area contributed by atoms with Crippen molar-refractivity contribution < 1.29 is 4.79 Å². The highest BCUT2D eigenvalue weighted by Crippen LogP contribution is 2.35. The number of hydrogen-bond acceptors (Lipinski definition) is 5. The number of carbonyl (C=O) groups is 1. The molecule has 0 aromatic carbocycles. The third-order valence-electron chi connectivity index (χ3n) is 5.55. The Morgan fingerprint density at radius 3 is 2.88 bits per heavy atom. The van der Waals surface area contributed by atoms with Crippen molar-refractivity contribution in [1.82, 2.24) is 24.5 Å². The molecule has 25 heavy (non-hydrogen) atoms. The number of fused-ring (bicyclic) bond motifs is 2. The summed E-state index contributed by atoms with van der Waals surface area (Å²) in [5, 5.41) is 9.15. The summed E-state index contributed by atoms with van der Waals surface area (Å²) in [6, 6.07) is 2.48. The molecule has 2 aromatic rings. The normalized spacial score (nSPS) is 23.7. The molecule has 134 valence electrons. The number of hydrogen-bond donors (Lipinski definition) is 0. The van der Waals surface area contributed by atoms with Crippen LogP contribution in [0.25, 0.3) is 5.78 Å². The molecule has 0 unspecified atom stereocenters. The van der Waals surface area contributed by atoms with E-state index in [1.54, 1.807) is 0 Å². The second kappa shape index (κ2) is 6.94. The molecule has 4 rings (SSSR count). The van der Waals surface area contributed by atoms with Crippen LogP contribution in [0, 0.1) is 19.8 Å². The Labute approximate surface area is 152 Å². The summed E-state index contributed by atoms with van der Waals surface area (Å²) in [4.78, 5) is 19.4. The fourth-order valence-electron chi connectivity index (χ4n) is 4.44. The smallest absolute Gasteiger partial charge is 0.256 e. The summed E-state index contributed by atoms with van der Waals surface area (Å²) in [7, 11) is 0. The average Bonchev–Trinajstić information content (AvgIpc) is 3.02. The first-order chi connectivity index (χ1) is 12.1. The number of likely N-dealkylation sites (tertiary alicyclic amines) is 1. The first kappa shape index (κ1) is 16.8. The molecule has 1 amide bonds. The molecule has 7 heteroatoms. The van der Waals surface area contributed by atoms with Crippen LogP contribution in [0.15, 0.2) is 11.2 Å². The number of nitrogens with zero attached hydrogens (tertiary/aromatic N) is 5. The summed E-state index contributed by atoms with van der Waals surface area (Å²) in [5.74, 6) is 2.01. The number of piperidine rings is 1. The Morgan fingerprint density at radius 2 is 2.00 bits per heavy atom. The predicted octanol–water partition coefficient (Wildman–Crippen LogP) is 3.01. The van der Waals surface area contributed by atoms with Crippen molar-refractivity contribution >= 4 is 23.4 Å². The van der Waals surface area contributed by atoms with Crippen LogP contribution in [0.3, 0.4) is 0 Å². The molecule has 6 nitrogen and oxygen atoms in total. The van der Waals surface area contributed by atoms with Crippen molar-refractivity contribution in [3.63, 3.8) is 0 Å². The first-order valence-corrected chi connectivity index (χ1v) is 10.2. The van der Waals surface area contributed by atoms with Gasteiger partial charge in [0.05, 0.1) is 5.75 Å². The summed E-state index contributed by atoms with van der Waals surface area (Å²) in [6.45, 7) is 4.89. The van der Waals surface area contributed by atoms with E-state index < -0.39 is 0 Å².